The number of carbonyl (C=O) groups excluding carboxylic acids is 2. The van der Waals surface area contributed by atoms with Gasteiger partial charge in [0.2, 0.25) is 0 Å². The molecule has 1 aliphatic rings. The molecule has 0 N–H and O–H groups in total. The monoisotopic (exact) mass is 575 g/mol. The number of carbonyl (C=O) groups is 2. The van der Waals surface area contributed by atoms with Crippen LogP contribution in [0.1, 0.15) is 25.6 Å². The molecule has 5 aromatic carbocycles. The van der Waals surface area contributed by atoms with Gasteiger partial charge in [-0.3, -0.25) is 9.59 Å². The van der Waals surface area contributed by atoms with E-state index < -0.39 is 0 Å². The van der Waals surface area contributed by atoms with E-state index in [-0.39, 0.29) is 17.1 Å². The molecule has 1 aliphatic carbocycles. The van der Waals surface area contributed by atoms with Gasteiger partial charge in [0.25, 0.3) is 0 Å². The van der Waals surface area contributed by atoms with Gasteiger partial charge in [0.05, 0.1) is 11.3 Å². The minimum atomic E-state index is -0.240. The Hall–Kier alpha value is -4.22. The van der Waals surface area contributed by atoms with Crippen LogP contribution >= 0.6 is 34.5 Å². The molecule has 0 unspecified atom stereocenters. The maximum Gasteiger partial charge on any atom is 0.197 e. The van der Waals surface area contributed by atoms with Gasteiger partial charge in [0.15, 0.2) is 11.6 Å². The molecule has 0 radical (unpaired) electrons. The highest BCUT2D eigenvalue weighted by atomic mass is 35.5. The average molecular weight is 577 g/mol. The maximum atomic E-state index is 13.3. The summed E-state index contributed by atoms with van der Waals surface area (Å²) in [6, 6.07) is 34.9. The van der Waals surface area contributed by atoms with Gasteiger partial charge in [-0.25, -0.2) is 0 Å². The van der Waals surface area contributed by atoms with Gasteiger partial charge in [-0.2, -0.15) is 0 Å². The summed E-state index contributed by atoms with van der Waals surface area (Å²) in [7, 11) is 0. The summed E-state index contributed by atoms with van der Waals surface area (Å²) in [6.07, 6.45) is 1.71. The van der Waals surface area contributed by atoms with Crippen LogP contribution in [-0.4, -0.2) is 11.6 Å². The van der Waals surface area contributed by atoms with E-state index in [0.717, 1.165) is 42.8 Å². The SMILES string of the molecule is O=C1C(=Cc2ccc(N(c3cccc(Cl)c3)c3ccc(Cl)c4ccccc34)s2)C(=O)c2cc3ccccc3cc21. The first-order valence-corrected chi connectivity index (χ1v) is 14.2. The molecule has 0 atom stereocenters. The quantitative estimate of drug-likeness (QED) is 0.155. The van der Waals surface area contributed by atoms with E-state index in [1.165, 1.54) is 11.3 Å². The van der Waals surface area contributed by atoms with E-state index in [1.807, 2.05) is 109 Å². The number of hydrogen-bond donors (Lipinski definition) is 0. The standard InChI is InChI=1S/C34H19Cl2NO2S/c35-22-8-5-9-23(18-22)37(31-14-13-30(36)25-10-3-4-11-26(25)31)32-15-12-24(40-32)19-29-33(38)27-16-20-6-1-2-7-21(20)17-28(27)34(29)39/h1-19H. The topological polar surface area (TPSA) is 37.4 Å². The molecule has 0 saturated heterocycles. The average Bonchev–Trinajstić information content (AvgIpc) is 3.52. The van der Waals surface area contributed by atoms with Crippen LogP contribution in [0.25, 0.3) is 27.6 Å². The normalized spacial score (nSPS) is 12.8. The van der Waals surface area contributed by atoms with Gasteiger partial charge < -0.3 is 4.90 Å². The summed E-state index contributed by atoms with van der Waals surface area (Å²) in [5, 5.41) is 6.01. The Morgan fingerprint density at radius 2 is 1.32 bits per heavy atom. The second-order valence-corrected chi connectivity index (χ2v) is 11.5. The molecule has 1 heterocycles. The van der Waals surface area contributed by atoms with Crippen LogP contribution in [-0.2, 0) is 0 Å². The van der Waals surface area contributed by atoms with Crippen molar-refractivity contribution in [3.8, 4) is 0 Å². The summed E-state index contributed by atoms with van der Waals surface area (Å²) in [5.41, 5.74) is 2.92. The minimum absolute atomic E-state index is 0.185. The van der Waals surface area contributed by atoms with E-state index in [4.69, 9.17) is 23.2 Å². The Bertz CT molecular complexity index is 1990. The summed E-state index contributed by atoms with van der Waals surface area (Å²) in [5.74, 6) is -0.479. The first-order chi connectivity index (χ1) is 19.5. The molecule has 0 spiro atoms. The van der Waals surface area contributed by atoms with Crippen molar-refractivity contribution >= 4 is 90.1 Å². The fourth-order valence-electron chi connectivity index (χ4n) is 5.26. The van der Waals surface area contributed by atoms with Crippen molar-refractivity contribution in [2.45, 2.75) is 0 Å². The van der Waals surface area contributed by atoms with E-state index in [0.29, 0.717) is 21.2 Å². The van der Waals surface area contributed by atoms with Crippen LogP contribution < -0.4 is 4.90 Å². The Labute approximate surface area is 244 Å². The number of nitrogens with zero attached hydrogens (tertiary/aromatic N) is 1. The summed E-state index contributed by atoms with van der Waals surface area (Å²) >= 11 is 14.4. The highest BCUT2D eigenvalue weighted by Gasteiger charge is 2.33. The molecule has 3 nitrogen and oxygen atoms in total. The number of rotatable bonds is 4. The molecule has 1 aromatic heterocycles. The fourth-order valence-corrected chi connectivity index (χ4v) is 6.66. The van der Waals surface area contributed by atoms with Crippen LogP contribution in [0.2, 0.25) is 10.0 Å². The van der Waals surface area contributed by atoms with Gasteiger partial charge in [0, 0.05) is 42.5 Å². The third-order valence-electron chi connectivity index (χ3n) is 7.14. The molecular weight excluding hydrogens is 557 g/mol. The lowest BCUT2D eigenvalue weighted by molar-refractivity contribution is 0.0990. The van der Waals surface area contributed by atoms with Gasteiger partial charge in [-0.1, -0.05) is 77.8 Å². The number of Topliss-reactive ketones (excluding diaryl/α,β-unsaturated/α-hetero) is 2. The van der Waals surface area contributed by atoms with E-state index in [9.17, 15) is 9.59 Å². The number of ketones is 2. The number of allylic oxidation sites excluding steroid dienone is 1. The van der Waals surface area contributed by atoms with Crippen molar-refractivity contribution in [3.63, 3.8) is 0 Å². The third-order valence-corrected chi connectivity index (χ3v) is 8.72. The maximum absolute atomic E-state index is 13.3. The molecule has 0 aliphatic heterocycles. The van der Waals surface area contributed by atoms with Crippen LogP contribution in [0.5, 0.6) is 0 Å². The molecule has 7 rings (SSSR count). The zero-order valence-electron chi connectivity index (χ0n) is 20.9. The minimum Gasteiger partial charge on any atom is -0.301 e. The van der Waals surface area contributed by atoms with Crippen LogP contribution in [0, 0.1) is 0 Å². The highest BCUT2D eigenvalue weighted by Crippen LogP contribution is 2.44. The lowest BCUT2D eigenvalue weighted by Gasteiger charge is -2.25. The Balaban J connectivity index is 1.33. The molecule has 0 saturated carbocycles. The second kappa shape index (κ2) is 9.76. The van der Waals surface area contributed by atoms with Gasteiger partial charge in [-0.05, 0) is 71.4 Å². The first-order valence-electron chi connectivity index (χ1n) is 12.6. The van der Waals surface area contributed by atoms with Crippen molar-refractivity contribution in [1.29, 1.82) is 0 Å². The zero-order valence-corrected chi connectivity index (χ0v) is 23.2. The Morgan fingerprint density at radius 3 is 2.02 bits per heavy atom. The van der Waals surface area contributed by atoms with Crippen LogP contribution in [0.4, 0.5) is 16.4 Å². The largest absolute Gasteiger partial charge is 0.301 e. The molecule has 6 heteroatoms. The number of benzene rings is 5. The van der Waals surface area contributed by atoms with Crippen LogP contribution in [0.3, 0.4) is 0 Å². The van der Waals surface area contributed by atoms with Crippen molar-refractivity contribution in [3.05, 3.63) is 141 Å². The zero-order chi connectivity index (χ0) is 27.4. The van der Waals surface area contributed by atoms with Crippen molar-refractivity contribution in [1.82, 2.24) is 0 Å². The molecule has 0 bridgehead atoms. The van der Waals surface area contributed by atoms with Gasteiger partial charge in [-0.15, -0.1) is 11.3 Å². The predicted molar refractivity (Wildman–Crippen MR) is 167 cm³/mol. The molecule has 192 valence electrons. The highest BCUT2D eigenvalue weighted by molar-refractivity contribution is 7.17. The van der Waals surface area contributed by atoms with Gasteiger partial charge in [0.1, 0.15) is 5.00 Å². The smallest absolute Gasteiger partial charge is 0.197 e. The third kappa shape index (κ3) is 4.13. The second-order valence-electron chi connectivity index (χ2n) is 9.56. The van der Waals surface area contributed by atoms with Gasteiger partial charge >= 0.3 is 0 Å². The van der Waals surface area contributed by atoms with E-state index in [1.54, 1.807) is 6.08 Å². The molecule has 0 amide bonds. The molecular formula is C34H19Cl2NO2S. The Kier molecular flexibility index (Phi) is 6.05. The number of thiophene rings is 1. The van der Waals surface area contributed by atoms with Crippen LogP contribution in [0.15, 0.2) is 115 Å². The molecule has 0 fully saturated rings. The van der Waals surface area contributed by atoms with Crippen molar-refractivity contribution < 1.29 is 9.59 Å². The van der Waals surface area contributed by atoms with Crippen molar-refractivity contribution in [2.75, 3.05) is 4.90 Å². The van der Waals surface area contributed by atoms with Crippen molar-refractivity contribution in [2.24, 2.45) is 0 Å². The summed E-state index contributed by atoms with van der Waals surface area (Å²) in [6.45, 7) is 0. The summed E-state index contributed by atoms with van der Waals surface area (Å²) < 4.78 is 0. The fraction of sp³-hybridized carbons (Fsp3) is 0. The predicted octanol–water partition coefficient (Wildman–Crippen LogP) is 10.3. The lowest BCUT2D eigenvalue weighted by atomic mass is 10.0. The number of fused-ring (bicyclic) bond motifs is 3. The number of anilines is 3. The van der Waals surface area contributed by atoms with E-state index >= 15 is 0 Å². The number of hydrogen-bond acceptors (Lipinski definition) is 4. The first kappa shape index (κ1) is 24.8. The van der Waals surface area contributed by atoms with E-state index in [2.05, 4.69) is 4.90 Å². The lowest BCUT2D eigenvalue weighted by Crippen LogP contribution is -2.09. The summed E-state index contributed by atoms with van der Waals surface area (Å²) in [4.78, 5) is 29.6. The Morgan fingerprint density at radius 1 is 0.650 bits per heavy atom. The number of halogens is 2. The molecule has 6 aromatic rings. The molecule has 40 heavy (non-hydrogen) atoms.